The average Bonchev–Trinajstić information content (AvgIpc) is 3.39. The molecule has 1 aliphatic rings. The number of para-hydroxylation sites is 1. The first-order valence-electron chi connectivity index (χ1n) is 10.2. The Kier molecular flexibility index (Phi) is 5.88. The van der Waals surface area contributed by atoms with E-state index >= 15 is 0 Å². The van der Waals surface area contributed by atoms with Gasteiger partial charge in [-0.1, -0.05) is 48.5 Å². The maximum absolute atomic E-state index is 12.4. The van der Waals surface area contributed by atoms with Crippen molar-refractivity contribution in [1.82, 2.24) is 25.6 Å². The summed E-state index contributed by atoms with van der Waals surface area (Å²) in [6, 6.07) is 19.7. The second-order valence-electron chi connectivity index (χ2n) is 7.73. The largest absolute Gasteiger partial charge is 0.350 e. The number of aromatic nitrogens is 3. The molecule has 4 rings (SSSR count). The standard InChI is InChI=1S/C23H25N5O2/c29-21(24-16-19-17-25-28(27-19)20-9-5-2-6-10-20)11-13-23(14-12-22(30)26-23)15-18-7-3-1-4-8-18/h1-10,17H,11-16H2,(H,24,29)(H,26,30)/t23-/m0/s1. The van der Waals surface area contributed by atoms with Gasteiger partial charge in [0.2, 0.25) is 11.8 Å². The van der Waals surface area contributed by atoms with Crippen molar-refractivity contribution < 1.29 is 9.59 Å². The minimum atomic E-state index is -0.355. The summed E-state index contributed by atoms with van der Waals surface area (Å²) < 4.78 is 0. The van der Waals surface area contributed by atoms with Gasteiger partial charge in [-0.05, 0) is 37.0 Å². The van der Waals surface area contributed by atoms with Crippen molar-refractivity contribution in [1.29, 1.82) is 0 Å². The fourth-order valence-corrected chi connectivity index (χ4v) is 3.86. The number of hydrogen-bond donors (Lipinski definition) is 2. The lowest BCUT2D eigenvalue weighted by molar-refractivity contribution is -0.122. The van der Waals surface area contributed by atoms with E-state index in [9.17, 15) is 9.59 Å². The molecule has 2 N–H and O–H groups in total. The molecule has 1 aliphatic heterocycles. The van der Waals surface area contributed by atoms with Crippen molar-refractivity contribution in [3.63, 3.8) is 0 Å². The lowest BCUT2D eigenvalue weighted by Gasteiger charge is -2.29. The van der Waals surface area contributed by atoms with Crippen molar-refractivity contribution in [2.24, 2.45) is 0 Å². The highest BCUT2D eigenvalue weighted by molar-refractivity contribution is 5.80. The van der Waals surface area contributed by atoms with Crippen LogP contribution in [0.25, 0.3) is 5.69 Å². The summed E-state index contributed by atoms with van der Waals surface area (Å²) in [5.41, 5.74) is 2.37. The van der Waals surface area contributed by atoms with Crippen LogP contribution in [-0.2, 0) is 22.6 Å². The predicted molar refractivity (Wildman–Crippen MR) is 113 cm³/mol. The van der Waals surface area contributed by atoms with Crippen LogP contribution in [0.4, 0.5) is 0 Å². The average molecular weight is 403 g/mol. The number of benzene rings is 2. The topological polar surface area (TPSA) is 88.9 Å². The van der Waals surface area contributed by atoms with Crippen LogP contribution in [-0.4, -0.2) is 32.3 Å². The third-order valence-electron chi connectivity index (χ3n) is 5.44. The Balaban J connectivity index is 1.31. The predicted octanol–water partition coefficient (Wildman–Crippen LogP) is 2.56. The fraction of sp³-hybridized carbons (Fsp3) is 0.304. The Morgan fingerprint density at radius 3 is 2.53 bits per heavy atom. The van der Waals surface area contributed by atoms with Gasteiger partial charge in [0.25, 0.3) is 0 Å². The third-order valence-corrected chi connectivity index (χ3v) is 5.44. The molecular weight excluding hydrogens is 378 g/mol. The highest BCUT2D eigenvalue weighted by Crippen LogP contribution is 2.29. The Hall–Kier alpha value is -3.48. The van der Waals surface area contributed by atoms with Gasteiger partial charge in [0, 0.05) is 18.4 Å². The van der Waals surface area contributed by atoms with E-state index in [1.807, 2.05) is 48.5 Å². The second kappa shape index (κ2) is 8.90. The van der Waals surface area contributed by atoms with Gasteiger partial charge in [-0.2, -0.15) is 15.0 Å². The highest BCUT2D eigenvalue weighted by Gasteiger charge is 2.37. The van der Waals surface area contributed by atoms with Gasteiger partial charge in [0.15, 0.2) is 0 Å². The quantitative estimate of drug-likeness (QED) is 0.605. The summed E-state index contributed by atoms with van der Waals surface area (Å²) in [6.07, 6.45) is 4.60. The molecule has 1 fully saturated rings. The zero-order valence-corrected chi connectivity index (χ0v) is 16.8. The van der Waals surface area contributed by atoms with Gasteiger partial charge in [-0.3, -0.25) is 9.59 Å². The van der Waals surface area contributed by atoms with Gasteiger partial charge in [0.1, 0.15) is 5.69 Å². The molecule has 1 atom stereocenters. The molecule has 0 spiro atoms. The zero-order valence-electron chi connectivity index (χ0n) is 16.8. The van der Waals surface area contributed by atoms with Crippen molar-refractivity contribution in [3.8, 4) is 5.69 Å². The van der Waals surface area contributed by atoms with Gasteiger partial charge in [-0.25, -0.2) is 0 Å². The van der Waals surface area contributed by atoms with Crippen LogP contribution < -0.4 is 10.6 Å². The number of carbonyl (C=O) groups excluding carboxylic acids is 2. The van der Waals surface area contributed by atoms with E-state index in [1.165, 1.54) is 0 Å². The van der Waals surface area contributed by atoms with Crippen molar-refractivity contribution in [3.05, 3.63) is 78.1 Å². The van der Waals surface area contributed by atoms with Gasteiger partial charge in [0.05, 0.1) is 18.4 Å². The number of nitrogens with zero attached hydrogens (tertiary/aromatic N) is 3. The van der Waals surface area contributed by atoms with Crippen LogP contribution in [0.5, 0.6) is 0 Å². The second-order valence-corrected chi connectivity index (χ2v) is 7.73. The summed E-state index contributed by atoms with van der Waals surface area (Å²) in [5.74, 6) is 0.00159. The SMILES string of the molecule is O=C(CC[C@@]1(Cc2ccccc2)CCC(=O)N1)NCc1cnn(-c2ccccc2)n1. The normalized spacial score (nSPS) is 18.2. The van der Waals surface area contributed by atoms with E-state index in [2.05, 4.69) is 33.0 Å². The van der Waals surface area contributed by atoms with Crippen LogP contribution in [0, 0.1) is 0 Å². The molecule has 7 heteroatoms. The number of hydrogen-bond acceptors (Lipinski definition) is 4. The number of carbonyl (C=O) groups is 2. The molecule has 0 bridgehead atoms. The van der Waals surface area contributed by atoms with Gasteiger partial charge in [-0.15, -0.1) is 0 Å². The lowest BCUT2D eigenvalue weighted by Crippen LogP contribution is -2.44. The molecule has 154 valence electrons. The van der Waals surface area contributed by atoms with Gasteiger partial charge >= 0.3 is 0 Å². The molecule has 0 saturated carbocycles. The smallest absolute Gasteiger partial charge is 0.220 e. The molecule has 2 aromatic carbocycles. The van der Waals surface area contributed by atoms with E-state index in [0.29, 0.717) is 31.5 Å². The Morgan fingerprint density at radius 2 is 1.83 bits per heavy atom. The van der Waals surface area contributed by atoms with Crippen molar-refractivity contribution in [2.75, 3.05) is 0 Å². The molecule has 0 unspecified atom stereocenters. The highest BCUT2D eigenvalue weighted by atomic mass is 16.2. The molecule has 1 aromatic heterocycles. The molecule has 2 amide bonds. The summed E-state index contributed by atoms with van der Waals surface area (Å²) >= 11 is 0. The maximum Gasteiger partial charge on any atom is 0.220 e. The van der Waals surface area contributed by atoms with Crippen LogP contribution in [0.3, 0.4) is 0 Å². The molecule has 1 saturated heterocycles. The van der Waals surface area contributed by atoms with E-state index in [4.69, 9.17) is 0 Å². The minimum Gasteiger partial charge on any atom is -0.350 e. The summed E-state index contributed by atoms with van der Waals surface area (Å²) in [7, 11) is 0. The first-order chi connectivity index (χ1) is 14.6. The summed E-state index contributed by atoms with van der Waals surface area (Å²) in [5, 5.41) is 14.7. The third kappa shape index (κ3) is 4.92. The number of amides is 2. The van der Waals surface area contributed by atoms with E-state index in [1.54, 1.807) is 11.0 Å². The Bertz CT molecular complexity index is 1000. The van der Waals surface area contributed by atoms with Crippen LogP contribution >= 0.6 is 0 Å². The van der Waals surface area contributed by atoms with E-state index in [0.717, 1.165) is 24.1 Å². The molecular formula is C23H25N5O2. The lowest BCUT2D eigenvalue weighted by atomic mass is 9.85. The number of nitrogens with one attached hydrogen (secondary N) is 2. The van der Waals surface area contributed by atoms with E-state index < -0.39 is 0 Å². The summed E-state index contributed by atoms with van der Waals surface area (Å²) in [4.78, 5) is 25.9. The van der Waals surface area contributed by atoms with Crippen LogP contribution in [0.15, 0.2) is 66.9 Å². The van der Waals surface area contributed by atoms with Gasteiger partial charge < -0.3 is 10.6 Å². The van der Waals surface area contributed by atoms with Crippen molar-refractivity contribution >= 4 is 11.8 Å². The maximum atomic E-state index is 12.4. The minimum absolute atomic E-state index is 0.0575. The molecule has 7 nitrogen and oxygen atoms in total. The van der Waals surface area contributed by atoms with Crippen molar-refractivity contribution in [2.45, 2.75) is 44.2 Å². The van der Waals surface area contributed by atoms with Crippen LogP contribution in [0.2, 0.25) is 0 Å². The zero-order chi connectivity index (χ0) is 20.8. The molecule has 30 heavy (non-hydrogen) atoms. The first kappa shape index (κ1) is 19.8. The first-order valence-corrected chi connectivity index (χ1v) is 10.2. The Labute approximate surface area is 175 Å². The molecule has 2 heterocycles. The summed E-state index contributed by atoms with van der Waals surface area (Å²) in [6.45, 7) is 0.323. The molecule has 0 aliphatic carbocycles. The molecule has 0 radical (unpaired) electrons. The molecule has 3 aromatic rings. The fourth-order valence-electron chi connectivity index (χ4n) is 3.86. The monoisotopic (exact) mass is 403 g/mol. The van der Waals surface area contributed by atoms with Crippen LogP contribution in [0.1, 0.15) is 36.9 Å². The van der Waals surface area contributed by atoms with E-state index in [-0.39, 0.29) is 17.4 Å². The number of rotatable bonds is 8. The Morgan fingerprint density at radius 1 is 1.10 bits per heavy atom.